The number of nitrogens with one attached hydrogen (secondary N) is 1. The van der Waals surface area contributed by atoms with Crippen molar-refractivity contribution in [2.24, 2.45) is 11.3 Å². The van der Waals surface area contributed by atoms with Gasteiger partial charge in [-0.25, -0.2) is 0 Å². The molecule has 1 heterocycles. The summed E-state index contributed by atoms with van der Waals surface area (Å²) < 4.78 is 5.57. The molecule has 112 valence electrons. The van der Waals surface area contributed by atoms with Crippen molar-refractivity contribution in [2.75, 3.05) is 40.3 Å². The van der Waals surface area contributed by atoms with Crippen LogP contribution in [0, 0.1) is 11.3 Å². The van der Waals surface area contributed by atoms with Crippen LogP contribution in [0.5, 0.6) is 0 Å². The quantitative estimate of drug-likeness (QED) is 0.829. The molecule has 2 fully saturated rings. The lowest BCUT2D eigenvalue weighted by Gasteiger charge is -2.45. The minimum atomic E-state index is 0.460. The summed E-state index contributed by atoms with van der Waals surface area (Å²) in [6, 6.07) is 0. The third-order valence-corrected chi connectivity index (χ3v) is 5.09. The molecule has 3 unspecified atom stereocenters. The normalized spacial score (nSPS) is 37.4. The largest absolute Gasteiger partial charge is 0.380 e. The number of rotatable bonds is 5. The maximum atomic E-state index is 5.57. The average Bonchev–Trinajstić information content (AvgIpc) is 2.39. The van der Waals surface area contributed by atoms with E-state index in [9.17, 15) is 0 Å². The molecule has 0 radical (unpaired) electrons. The monoisotopic (exact) mass is 268 g/mol. The minimum absolute atomic E-state index is 0.460. The molecule has 0 aromatic carbocycles. The summed E-state index contributed by atoms with van der Waals surface area (Å²) in [5.41, 5.74) is 0.502. The molecule has 0 amide bonds. The van der Waals surface area contributed by atoms with Crippen molar-refractivity contribution in [1.29, 1.82) is 0 Å². The summed E-state index contributed by atoms with van der Waals surface area (Å²) in [5, 5.41) is 3.46. The summed E-state index contributed by atoms with van der Waals surface area (Å²) in [5.74, 6) is 0.894. The first-order valence-corrected chi connectivity index (χ1v) is 8.07. The van der Waals surface area contributed by atoms with Gasteiger partial charge in [-0.15, -0.1) is 0 Å². The molecule has 3 atom stereocenters. The van der Waals surface area contributed by atoms with E-state index in [1.807, 2.05) is 7.11 Å². The van der Waals surface area contributed by atoms with E-state index in [1.54, 1.807) is 0 Å². The molecule has 0 bridgehead atoms. The van der Waals surface area contributed by atoms with Crippen molar-refractivity contribution >= 4 is 0 Å². The average molecular weight is 268 g/mol. The molecule has 0 spiro atoms. The molecule has 3 nitrogen and oxygen atoms in total. The third-order valence-electron chi connectivity index (χ3n) is 5.09. The van der Waals surface area contributed by atoms with E-state index in [2.05, 4.69) is 24.2 Å². The van der Waals surface area contributed by atoms with Crippen molar-refractivity contribution < 1.29 is 4.74 Å². The van der Waals surface area contributed by atoms with Crippen molar-refractivity contribution in [3.05, 3.63) is 0 Å². The fourth-order valence-corrected chi connectivity index (χ4v) is 4.33. The summed E-state index contributed by atoms with van der Waals surface area (Å²) in [6.45, 7) is 7.26. The third kappa shape index (κ3) is 4.17. The van der Waals surface area contributed by atoms with Crippen LogP contribution < -0.4 is 5.32 Å². The number of methoxy groups -OCH3 is 1. The number of likely N-dealkylation sites (tertiary alicyclic amines) is 1. The van der Waals surface area contributed by atoms with Gasteiger partial charge in [0.2, 0.25) is 0 Å². The Hall–Kier alpha value is -0.120. The molecule has 1 N–H and O–H groups in total. The molecule has 0 aromatic heterocycles. The van der Waals surface area contributed by atoms with Crippen LogP contribution in [0.2, 0.25) is 0 Å². The zero-order valence-electron chi connectivity index (χ0n) is 13.1. The van der Waals surface area contributed by atoms with Crippen LogP contribution in [-0.4, -0.2) is 51.3 Å². The summed E-state index contributed by atoms with van der Waals surface area (Å²) in [6.07, 6.45) is 8.61. The standard InChI is InChI=1S/C16H32N2O/c1-14-6-4-8-16(10-14,12-17-2)13-18-9-5-7-15(11-18)19-3/h14-15,17H,4-13H2,1-3H3. The summed E-state index contributed by atoms with van der Waals surface area (Å²) in [4.78, 5) is 2.66. The van der Waals surface area contributed by atoms with Crippen LogP contribution in [0.4, 0.5) is 0 Å². The Morgan fingerprint density at radius 2 is 2.16 bits per heavy atom. The van der Waals surface area contributed by atoms with Crippen LogP contribution in [-0.2, 0) is 4.74 Å². The van der Waals surface area contributed by atoms with Gasteiger partial charge in [0.1, 0.15) is 0 Å². The van der Waals surface area contributed by atoms with Gasteiger partial charge < -0.3 is 15.0 Å². The molecule has 2 rings (SSSR count). The Labute approximate surface area is 119 Å². The minimum Gasteiger partial charge on any atom is -0.380 e. The van der Waals surface area contributed by atoms with Gasteiger partial charge in [0.15, 0.2) is 0 Å². The summed E-state index contributed by atoms with van der Waals surface area (Å²) >= 11 is 0. The van der Waals surface area contributed by atoms with Crippen molar-refractivity contribution in [1.82, 2.24) is 10.2 Å². The topological polar surface area (TPSA) is 24.5 Å². The van der Waals surface area contributed by atoms with E-state index >= 15 is 0 Å². The maximum absolute atomic E-state index is 5.57. The number of nitrogens with zero attached hydrogens (tertiary/aromatic N) is 1. The SMILES string of the molecule is CNCC1(CN2CCCC(OC)C2)CCCC(C)C1. The van der Waals surface area contributed by atoms with E-state index in [0.29, 0.717) is 11.5 Å². The molecular formula is C16H32N2O. The van der Waals surface area contributed by atoms with Crippen LogP contribution in [0.3, 0.4) is 0 Å². The lowest BCUT2D eigenvalue weighted by Crippen LogP contribution is -2.49. The van der Waals surface area contributed by atoms with Gasteiger partial charge in [-0.3, -0.25) is 0 Å². The van der Waals surface area contributed by atoms with E-state index < -0.39 is 0 Å². The van der Waals surface area contributed by atoms with Gasteiger partial charge in [-0.1, -0.05) is 19.8 Å². The highest BCUT2D eigenvalue weighted by Gasteiger charge is 2.36. The second-order valence-electron chi connectivity index (χ2n) is 6.97. The molecule has 1 aliphatic carbocycles. The van der Waals surface area contributed by atoms with Crippen LogP contribution in [0.25, 0.3) is 0 Å². The van der Waals surface area contributed by atoms with Crippen molar-refractivity contribution in [2.45, 2.75) is 51.6 Å². The molecule has 1 saturated heterocycles. The molecule has 19 heavy (non-hydrogen) atoms. The second kappa shape index (κ2) is 7.05. The van der Waals surface area contributed by atoms with Gasteiger partial charge >= 0.3 is 0 Å². The first kappa shape index (κ1) is 15.3. The predicted molar refractivity (Wildman–Crippen MR) is 80.5 cm³/mol. The van der Waals surface area contributed by atoms with Crippen LogP contribution in [0.15, 0.2) is 0 Å². The number of hydrogen-bond donors (Lipinski definition) is 1. The Morgan fingerprint density at radius 3 is 2.84 bits per heavy atom. The van der Waals surface area contributed by atoms with E-state index in [-0.39, 0.29) is 0 Å². The molecule has 1 saturated carbocycles. The predicted octanol–water partition coefficient (Wildman–Crippen LogP) is 2.51. The fraction of sp³-hybridized carbons (Fsp3) is 1.00. The highest BCUT2D eigenvalue weighted by atomic mass is 16.5. The van der Waals surface area contributed by atoms with Gasteiger partial charge in [-0.2, -0.15) is 0 Å². The Balaban J connectivity index is 1.95. The molecule has 3 heteroatoms. The zero-order chi connectivity index (χ0) is 13.7. The van der Waals surface area contributed by atoms with E-state index in [1.165, 1.54) is 58.2 Å². The lowest BCUT2D eigenvalue weighted by molar-refractivity contribution is 0.00252. The highest BCUT2D eigenvalue weighted by molar-refractivity contribution is 4.90. The van der Waals surface area contributed by atoms with Crippen LogP contribution in [0.1, 0.15) is 45.4 Å². The Bertz CT molecular complexity index is 267. The van der Waals surface area contributed by atoms with E-state index in [4.69, 9.17) is 4.74 Å². The molecule has 0 aromatic rings. The van der Waals surface area contributed by atoms with Gasteiger partial charge in [-0.05, 0) is 50.6 Å². The van der Waals surface area contributed by atoms with Gasteiger partial charge in [0.25, 0.3) is 0 Å². The van der Waals surface area contributed by atoms with Crippen LogP contribution >= 0.6 is 0 Å². The number of ether oxygens (including phenoxy) is 1. The number of hydrogen-bond acceptors (Lipinski definition) is 3. The smallest absolute Gasteiger partial charge is 0.0698 e. The Kier molecular flexibility index (Phi) is 5.67. The summed E-state index contributed by atoms with van der Waals surface area (Å²) in [7, 11) is 3.97. The van der Waals surface area contributed by atoms with E-state index in [0.717, 1.165) is 12.5 Å². The van der Waals surface area contributed by atoms with Gasteiger partial charge in [0, 0.05) is 26.7 Å². The van der Waals surface area contributed by atoms with Crippen molar-refractivity contribution in [3.8, 4) is 0 Å². The molecule has 1 aliphatic heterocycles. The first-order valence-electron chi connectivity index (χ1n) is 8.07. The maximum Gasteiger partial charge on any atom is 0.0698 e. The van der Waals surface area contributed by atoms with Gasteiger partial charge in [0.05, 0.1) is 6.10 Å². The Morgan fingerprint density at radius 1 is 1.32 bits per heavy atom. The second-order valence-corrected chi connectivity index (χ2v) is 6.97. The first-order chi connectivity index (χ1) is 9.17. The zero-order valence-corrected chi connectivity index (χ0v) is 13.1. The molecular weight excluding hydrogens is 236 g/mol. The lowest BCUT2D eigenvalue weighted by atomic mass is 9.69. The fourth-order valence-electron chi connectivity index (χ4n) is 4.33. The molecule has 2 aliphatic rings. The van der Waals surface area contributed by atoms with Crippen molar-refractivity contribution in [3.63, 3.8) is 0 Å². The highest BCUT2D eigenvalue weighted by Crippen LogP contribution is 2.40. The number of piperidine rings is 1.